The fourth-order valence-electron chi connectivity index (χ4n) is 2.69. The van der Waals surface area contributed by atoms with Crippen LogP contribution in [0.2, 0.25) is 0 Å². The van der Waals surface area contributed by atoms with Gasteiger partial charge in [-0.2, -0.15) is 0 Å². The molecule has 3 atom stereocenters. The monoisotopic (exact) mass is 170 g/mol. The van der Waals surface area contributed by atoms with Crippen LogP contribution in [0.4, 0.5) is 0 Å². The van der Waals surface area contributed by atoms with Gasteiger partial charge < -0.3 is 9.84 Å². The van der Waals surface area contributed by atoms with Gasteiger partial charge in [-0.15, -0.1) is 0 Å². The van der Waals surface area contributed by atoms with Crippen molar-refractivity contribution in [2.45, 2.75) is 38.2 Å². The molecular formula is C10H18O2. The van der Waals surface area contributed by atoms with Gasteiger partial charge in [0.05, 0.1) is 6.10 Å². The summed E-state index contributed by atoms with van der Waals surface area (Å²) in [6.45, 7) is 1.02. The lowest BCUT2D eigenvalue weighted by Crippen LogP contribution is -2.21. The van der Waals surface area contributed by atoms with Crippen LogP contribution >= 0.6 is 0 Å². The first-order valence-electron chi connectivity index (χ1n) is 5.12. The van der Waals surface area contributed by atoms with Crippen molar-refractivity contribution in [2.24, 2.45) is 11.8 Å². The van der Waals surface area contributed by atoms with Crippen molar-refractivity contribution in [1.82, 2.24) is 0 Å². The van der Waals surface area contributed by atoms with Crippen LogP contribution < -0.4 is 0 Å². The van der Waals surface area contributed by atoms with Gasteiger partial charge in [0.2, 0.25) is 0 Å². The Morgan fingerprint density at radius 1 is 1.25 bits per heavy atom. The van der Waals surface area contributed by atoms with E-state index < -0.39 is 0 Å². The largest absolute Gasteiger partial charge is 0.396 e. The molecule has 0 saturated heterocycles. The topological polar surface area (TPSA) is 29.5 Å². The fraction of sp³-hybridized carbons (Fsp3) is 1.00. The standard InChI is InChI=1S/C10H18O2/c11-4-1-5-12-10-7-8-2-3-9(10)6-8/h8-11H,1-7H2/t8-,9+,10+/m1/s1. The second kappa shape index (κ2) is 3.75. The van der Waals surface area contributed by atoms with E-state index in [4.69, 9.17) is 9.84 Å². The Hall–Kier alpha value is -0.0800. The maximum absolute atomic E-state index is 8.59. The van der Waals surface area contributed by atoms with Gasteiger partial charge in [0, 0.05) is 13.2 Å². The number of rotatable bonds is 4. The van der Waals surface area contributed by atoms with Crippen molar-refractivity contribution in [3.05, 3.63) is 0 Å². The van der Waals surface area contributed by atoms with Crippen molar-refractivity contribution in [2.75, 3.05) is 13.2 Å². The Morgan fingerprint density at radius 3 is 2.75 bits per heavy atom. The molecule has 0 heterocycles. The third-order valence-corrected chi connectivity index (χ3v) is 3.31. The van der Waals surface area contributed by atoms with Crippen LogP contribution in [0.1, 0.15) is 32.1 Å². The summed E-state index contributed by atoms with van der Waals surface area (Å²) in [6.07, 6.45) is 6.85. The highest BCUT2D eigenvalue weighted by Gasteiger charge is 2.39. The number of aliphatic hydroxyl groups is 1. The molecule has 0 aromatic rings. The van der Waals surface area contributed by atoms with Gasteiger partial charge >= 0.3 is 0 Å². The Morgan fingerprint density at radius 2 is 2.17 bits per heavy atom. The Labute approximate surface area is 73.9 Å². The minimum absolute atomic E-state index is 0.265. The van der Waals surface area contributed by atoms with E-state index in [9.17, 15) is 0 Å². The van der Waals surface area contributed by atoms with Crippen LogP contribution in [0.5, 0.6) is 0 Å². The third-order valence-electron chi connectivity index (χ3n) is 3.31. The van der Waals surface area contributed by atoms with Crippen molar-refractivity contribution in [3.63, 3.8) is 0 Å². The smallest absolute Gasteiger partial charge is 0.0606 e. The van der Waals surface area contributed by atoms with E-state index in [1.807, 2.05) is 0 Å². The maximum atomic E-state index is 8.59. The summed E-state index contributed by atoms with van der Waals surface area (Å²) in [5.74, 6) is 1.82. The van der Waals surface area contributed by atoms with Gasteiger partial charge in [-0.25, -0.2) is 0 Å². The molecule has 2 saturated carbocycles. The molecule has 2 aliphatic carbocycles. The van der Waals surface area contributed by atoms with E-state index in [2.05, 4.69) is 0 Å². The molecule has 0 aromatic heterocycles. The Bertz CT molecular complexity index is 147. The van der Waals surface area contributed by atoms with Gasteiger partial charge in [0.1, 0.15) is 0 Å². The van der Waals surface area contributed by atoms with Crippen LogP contribution in [0.15, 0.2) is 0 Å². The molecule has 2 fully saturated rings. The Kier molecular flexibility index (Phi) is 2.66. The van der Waals surface area contributed by atoms with Crippen molar-refractivity contribution < 1.29 is 9.84 Å². The number of ether oxygens (including phenoxy) is 1. The number of fused-ring (bicyclic) bond motifs is 2. The highest BCUT2D eigenvalue weighted by Crippen LogP contribution is 2.45. The van der Waals surface area contributed by atoms with Crippen molar-refractivity contribution >= 4 is 0 Å². The first kappa shape index (κ1) is 8.52. The molecule has 1 N–H and O–H groups in total. The fourth-order valence-corrected chi connectivity index (χ4v) is 2.69. The summed E-state index contributed by atoms with van der Waals surface area (Å²) in [7, 11) is 0. The van der Waals surface area contributed by atoms with Gasteiger partial charge in [0.15, 0.2) is 0 Å². The predicted molar refractivity (Wildman–Crippen MR) is 46.9 cm³/mol. The van der Waals surface area contributed by atoms with Gasteiger partial charge in [0.25, 0.3) is 0 Å². The van der Waals surface area contributed by atoms with Crippen LogP contribution in [0.25, 0.3) is 0 Å². The molecule has 0 spiro atoms. The lowest BCUT2D eigenvalue weighted by Gasteiger charge is -2.21. The number of hydrogen-bond acceptors (Lipinski definition) is 2. The SMILES string of the molecule is OCCCO[C@H]1C[C@@H]2CC[C@H]1C2. The summed E-state index contributed by atoms with van der Waals surface area (Å²) in [5.41, 5.74) is 0. The predicted octanol–water partition coefficient (Wildman–Crippen LogP) is 1.57. The van der Waals surface area contributed by atoms with Gasteiger partial charge in [-0.05, 0) is 43.9 Å². The summed E-state index contributed by atoms with van der Waals surface area (Å²) in [6, 6.07) is 0. The third kappa shape index (κ3) is 1.64. The molecule has 2 rings (SSSR count). The van der Waals surface area contributed by atoms with Gasteiger partial charge in [-0.3, -0.25) is 0 Å². The maximum Gasteiger partial charge on any atom is 0.0606 e. The summed E-state index contributed by atoms with van der Waals surface area (Å²) >= 11 is 0. The first-order valence-corrected chi connectivity index (χ1v) is 5.12. The first-order chi connectivity index (χ1) is 5.90. The minimum Gasteiger partial charge on any atom is -0.396 e. The summed E-state index contributed by atoms with van der Waals surface area (Å²) < 4.78 is 5.72. The molecule has 12 heavy (non-hydrogen) atoms. The zero-order valence-corrected chi connectivity index (χ0v) is 7.54. The van der Waals surface area contributed by atoms with E-state index >= 15 is 0 Å². The number of aliphatic hydroxyl groups excluding tert-OH is 1. The lowest BCUT2D eigenvalue weighted by molar-refractivity contribution is 0.0102. The van der Waals surface area contributed by atoms with E-state index in [-0.39, 0.29) is 6.61 Å². The van der Waals surface area contributed by atoms with Crippen LogP contribution in [-0.4, -0.2) is 24.4 Å². The highest BCUT2D eigenvalue weighted by atomic mass is 16.5. The lowest BCUT2D eigenvalue weighted by atomic mass is 9.98. The summed E-state index contributed by atoms with van der Waals surface area (Å²) in [5, 5.41) is 8.59. The molecule has 0 unspecified atom stereocenters. The Balaban J connectivity index is 1.69. The molecule has 0 radical (unpaired) electrons. The second-order valence-corrected chi connectivity index (χ2v) is 4.16. The second-order valence-electron chi connectivity index (χ2n) is 4.16. The van der Waals surface area contributed by atoms with E-state index in [0.717, 1.165) is 24.9 Å². The molecule has 70 valence electrons. The average molecular weight is 170 g/mol. The summed E-state index contributed by atoms with van der Waals surface area (Å²) in [4.78, 5) is 0. The van der Waals surface area contributed by atoms with Crippen molar-refractivity contribution in [3.8, 4) is 0 Å². The quantitative estimate of drug-likeness (QED) is 0.649. The van der Waals surface area contributed by atoms with Crippen LogP contribution in [0, 0.1) is 11.8 Å². The van der Waals surface area contributed by atoms with Gasteiger partial charge in [-0.1, -0.05) is 0 Å². The molecule has 2 heteroatoms. The van der Waals surface area contributed by atoms with E-state index in [1.54, 1.807) is 0 Å². The molecule has 0 aliphatic heterocycles. The molecule has 2 nitrogen and oxygen atoms in total. The molecule has 2 aliphatic rings. The highest BCUT2D eigenvalue weighted by molar-refractivity contribution is 4.90. The van der Waals surface area contributed by atoms with Crippen molar-refractivity contribution in [1.29, 1.82) is 0 Å². The van der Waals surface area contributed by atoms with Crippen LogP contribution in [0.3, 0.4) is 0 Å². The molecule has 2 bridgehead atoms. The zero-order valence-electron chi connectivity index (χ0n) is 7.54. The zero-order chi connectivity index (χ0) is 8.39. The molecule has 0 amide bonds. The van der Waals surface area contributed by atoms with E-state index in [0.29, 0.717) is 6.10 Å². The molecular weight excluding hydrogens is 152 g/mol. The normalized spacial score (nSPS) is 39.2. The van der Waals surface area contributed by atoms with E-state index in [1.165, 1.54) is 25.7 Å². The molecule has 0 aromatic carbocycles. The van der Waals surface area contributed by atoms with Crippen LogP contribution in [-0.2, 0) is 4.74 Å². The minimum atomic E-state index is 0.265. The number of hydrogen-bond donors (Lipinski definition) is 1. The average Bonchev–Trinajstić information content (AvgIpc) is 2.65.